The smallest absolute Gasteiger partial charge is 0.339 e. The van der Waals surface area contributed by atoms with Gasteiger partial charge in [0.25, 0.3) is 0 Å². The lowest BCUT2D eigenvalue weighted by atomic mass is 9.31. The summed E-state index contributed by atoms with van der Waals surface area (Å²) < 4.78 is 13.0. The fourth-order valence-electron chi connectivity index (χ4n) is 13.2. The molecule has 0 spiro atoms. The van der Waals surface area contributed by atoms with Gasteiger partial charge in [0.15, 0.2) is 0 Å². The van der Waals surface area contributed by atoms with E-state index in [1.165, 1.54) is 57.4 Å². The van der Waals surface area contributed by atoms with E-state index < -0.39 is 11.9 Å². The first kappa shape index (κ1) is 29.8. The summed E-state index contributed by atoms with van der Waals surface area (Å²) in [7, 11) is 0. The lowest BCUT2D eigenvalue weighted by molar-refractivity contribution is -0.252. The van der Waals surface area contributed by atoms with Crippen molar-refractivity contribution < 1.29 is 24.2 Å². The Morgan fingerprint density at radius 2 is 1.49 bits per heavy atom. The number of carboxylic acid groups (broad SMARTS) is 1. The Bertz CT molecular complexity index is 1330. The van der Waals surface area contributed by atoms with Gasteiger partial charge in [-0.05, 0) is 127 Å². The van der Waals surface area contributed by atoms with Crippen molar-refractivity contribution in [2.45, 2.75) is 125 Å². The van der Waals surface area contributed by atoms with Crippen LogP contribution in [0.25, 0.3) is 0 Å². The SMILES string of the molecule is CC1(C)CC[C@]23CC[C@]4(C)[C@@H](CC[C@@H]5[C@@]6(C)CC[C@H](OC(=O)c7ccccc7C(=O)O)C(C)(C)[C@H]6CC[C@]54C)[C@H]2[C@H]1OC3. The van der Waals surface area contributed by atoms with Crippen LogP contribution in [-0.2, 0) is 9.47 Å². The van der Waals surface area contributed by atoms with Crippen LogP contribution in [0.5, 0.6) is 0 Å². The molecule has 5 heteroatoms. The molecule has 1 aromatic carbocycles. The van der Waals surface area contributed by atoms with Gasteiger partial charge in [-0.3, -0.25) is 0 Å². The first-order valence-electron chi connectivity index (χ1n) is 17.3. The molecule has 2 bridgehead atoms. The van der Waals surface area contributed by atoms with Gasteiger partial charge >= 0.3 is 11.9 Å². The molecule has 1 aromatic rings. The van der Waals surface area contributed by atoms with E-state index in [1.807, 2.05) is 0 Å². The maximum atomic E-state index is 13.4. The Labute approximate surface area is 258 Å². The second kappa shape index (κ2) is 9.33. The topological polar surface area (TPSA) is 72.8 Å². The van der Waals surface area contributed by atoms with Gasteiger partial charge in [-0.15, -0.1) is 0 Å². The van der Waals surface area contributed by atoms with E-state index in [9.17, 15) is 14.7 Å². The van der Waals surface area contributed by atoms with Gasteiger partial charge < -0.3 is 14.6 Å². The fraction of sp³-hybridized carbons (Fsp3) is 0.789. The van der Waals surface area contributed by atoms with Crippen LogP contribution in [0.4, 0.5) is 0 Å². The molecule has 0 amide bonds. The van der Waals surface area contributed by atoms with Crippen LogP contribution >= 0.6 is 0 Å². The Hall–Kier alpha value is -1.88. The molecule has 5 saturated carbocycles. The minimum Gasteiger partial charge on any atom is -0.478 e. The van der Waals surface area contributed by atoms with Gasteiger partial charge in [0, 0.05) is 5.41 Å². The number of ether oxygens (including phenoxy) is 2. The third-order valence-corrected chi connectivity index (χ3v) is 15.7. The monoisotopic (exact) mass is 590 g/mol. The van der Waals surface area contributed by atoms with E-state index in [2.05, 4.69) is 48.5 Å². The molecule has 5 nitrogen and oxygen atoms in total. The number of rotatable bonds is 3. The molecule has 10 atom stereocenters. The Kier molecular flexibility index (Phi) is 6.47. The first-order valence-corrected chi connectivity index (χ1v) is 17.3. The van der Waals surface area contributed by atoms with Crippen molar-refractivity contribution in [3.63, 3.8) is 0 Å². The van der Waals surface area contributed by atoms with E-state index in [0.29, 0.717) is 40.1 Å². The van der Waals surface area contributed by atoms with E-state index >= 15 is 0 Å². The highest BCUT2D eigenvalue weighted by atomic mass is 16.5. The molecular formula is C38H54O5. The van der Waals surface area contributed by atoms with Crippen LogP contribution in [0.15, 0.2) is 24.3 Å². The molecule has 7 rings (SSSR count). The van der Waals surface area contributed by atoms with Crippen molar-refractivity contribution in [1.29, 1.82) is 0 Å². The van der Waals surface area contributed by atoms with Crippen molar-refractivity contribution >= 4 is 11.9 Å². The van der Waals surface area contributed by atoms with Crippen molar-refractivity contribution in [3.05, 3.63) is 35.4 Å². The van der Waals surface area contributed by atoms with Gasteiger partial charge in [0.05, 0.1) is 23.8 Å². The molecule has 43 heavy (non-hydrogen) atoms. The number of hydrogen-bond donors (Lipinski definition) is 1. The molecular weight excluding hydrogens is 536 g/mol. The predicted octanol–water partition coefficient (Wildman–Crippen LogP) is 8.80. The number of esters is 1. The van der Waals surface area contributed by atoms with E-state index in [-0.39, 0.29) is 33.5 Å². The summed E-state index contributed by atoms with van der Waals surface area (Å²) >= 11 is 0. The number of hydrogen-bond acceptors (Lipinski definition) is 4. The molecule has 236 valence electrons. The summed E-state index contributed by atoms with van der Waals surface area (Å²) in [5.41, 5.74) is 1.49. The highest BCUT2D eigenvalue weighted by Crippen LogP contribution is 2.78. The average molecular weight is 591 g/mol. The third kappa shape index (κ3) is 3.85. The molecule has 0 unspecified atom stereocenters. The predicted molar refractivity (Wildman–Crippen MR) is 167 cm³/mol. The molecule has 0 radical (unpaired) electrons. The first-order chi connectivity index (χ1) is 20.1. The zero-order chi connectivity index (χ0) is 30.8. The number of carbonyl (C=O) groups is 2. The molecule has 1 N–H and O–H groups in total. The van der Waals surface area contributed by atoms with E-state index in [1.54, 1.807) is 18.2 Å². The Morgan fingerprint density at radius 1 is 0.791 bits per heavy atom. The van der Waals surface area contributed by atoms with Crippen molar-refractivity contribution in [1.82, 2.24) is 0 Å². The summed E-state index contributed by atoms with van der Waals surface area (Å²) in [4.78, 5) is 25.2. The van der Waals surface area contributed by atoms with Gasteiger partial charge in [0.2, 0.25) is 0 Å². The van der Waals surface area contributed by atoms with Gasteiger partial charge in [-0.25, -0.2) is 9.59 Å². The molecule has 6 aliphatic rings. The second-order valence-electron chi connectivity index (χ2n) is 17.9. The lowest BCUT2D eigenvalue weighted by Gasteiger charge is -2.73. The van der Waals surface area contributed by atoms with Crippen LogP contribution in [0.3, 0.4) is 0 Å². The van der Waals surface area contributed by atoms with Crippen molar-refractivity contribution in [2.24, 2.45) is 56.2 Å². The van der Waals surface area contributed by atoms with Crippen LogP contribution in [0, 0.1) is 56.2 Å². The van der Waals surface area contributed by atoms with Crippen LogP contribution in [-0.4, -0.2) is 35.9 Å². The quantitative estimate of drug-likeness (QED) is 0.356. The molecule has 5 aliphatic carbocycles. The van der Waals surface area contributed by atoms with E-state index in [0.717, 1.165) is 25.4 Å². The minimum atomic E-state index is -1.09. The summed E-state index contributed by atoms with van der Waals surface area (Å²) in [6.07, 6.45) is 12.4. The number of benzene rings is 1. The minimum absolute atomic E-state index is 0.0128. The van der Waals surface area contributed by atoms with Crippen molar-refractivity contribution in [2.75, 3.05) is 6.61 Å². The highest BCUT2D eigenvalue weighted by Gasteiger charge is 2.73. The summed E-state index contributed by atoms with van der Waals surface area (Å²) in [5.74, 6) is 0.976. The second-order valence-corrected chi connectivity index (χ2v) is 17.9. The number of fused-ring (bicyclic) bond motifs is 5. The largest absolute Gasteiger partial charge is 0.478 e. The van der Waals surface area contributed by atoms with Crippen molar-refractivity contribution in [3.8, 4) is 0 Å². The summed E-state index contributed by atoms with van der Waals surface area (Å²) in [6.45, 7) is 18.5. The fourth-order valence-corrected chi connectivity index (χ4v) is 13.2. The third-order valence-electron chi connectivity index (χ3n) is 15.7. The number of carbonyl (C=O) groups excluding carboxylic acids is 1. The summed E-state index contributed by atoms with van der Waals surface area (Å²) in [6, 6.07) is 6.43. The maximum Gasteiger partial charge on any atom is 0.339 e. The van der Waals surface area contributed by atoms with Crippen LogP contribution in [0.1, 0.15) is 133 Å². The Balaban J connectivity index is 1.16. The molecule has 0 aromatic heterocycles. The standard InChI is InChI=1S/C38H54O5/c1-33(2)18-20-38-21-19-36(6)25(29(38)30(33)42-22-38)12-13-27-35(5)16-15-28(34(3,4)26(35)14-17-37(27,36)7)43-32(41)24-11-9-8-10-23(24)31(39)40/h8-11,25-30H,12-22H2,1-7H3,(H,39,40)/t25-,26+,27+,28-,29-,30+,35-,36+,37+,38+/m0/s1. The van der Waals surface area contributed by atoms with Gasteiger partial charge in [0.1, 0.15) is 6.10 Å². The van der Waals surface area contributed by atoms with Gasteiger partial charge in [-0.1, -0.05) is 60.6 Å². The molecule has 1 saturated heterocycles. The zero-order valence-corrected chi connectivity index (χ0v) is 27.6. The average Bonchev–Trinajstić information content (AvgIpc) is 3.29. The van der Waals surface area contributed by atoms with Gasteiger partial charge in [-0.2, -0.15) is 0 Å². The Morgan fingerprint density at radius 3 is 2.21 bits per heavy atom. The lowest BCUT2D eigenvalue weighted by Crippen LogP contribution is -2.68. The molecule has 1 heterocycles. The van der Waals surface area contributed by atoms with Crippen LogP contribution < -0.4 is 0 Å². The number of aromatic carboxylic acids is 1. The van der Waals surface area contributed by atoms with E-state index in [4.69, 9.17) is 9.47 Å². The maximum absolute atomic E-state index is 13.4. The highest BCUT2D eigenvalue weighted by molar-refractivity contribution is 6.02. The zero-order valence-electron chi connectivity index (χ0n) is 27.6. The molecule has 6 fully saturated rings. The molecule has 1 aliphatic heterocycles. The normalized spacial score (nSPS) is 47.3. The van der Waals surface area contributed by atoms with Crippen LogP contribution in [0.2, 0.25) is 0 Å². The summed E-state index contributed by atoms with van der Waals surface area (Å²) in [5, 5.41) is 9.66. The number of carboxylic acids is 1.